The second-order valence-electron chi connectivity index (χ2n) is 10.5. The Morgan fingerprint density at radius 1 is 0.885 bits per heavy atom. The van der Waals surface area contributed by atoms with Gasteiger partial charge in [0.2, 0.25) is 5.91 Å². The number of piperidine rings is 2. The average Bonchev–Trinajstić information content (AvgIpc) is 2.60. The molecule has 2 heterocycles. The van der Waals surface area contributed by atoms with Crippen LogP contribution in [-0.4, -0.2) is 48.9 Å². The number of rotatable bonds is 5. The molecule has 2 aliphatic heterocycles. The Hall–Kier alpha value is -0.570. The molecular formula is C23H40N2O. The van der Waals surface area contributed by atoms with Crippen molar-refractivity contribution in [1.29, 1.82) is 0 Å². The van der Waals surface area contributed by atoms with Crippen LogP contribution < -0.4 is 0 Å². The summed E-state index contributed by atoms with van der Waals surface area (Å²) in [5.74, 6) is 2.34. The van der Waals surface area contributed by atoms with E-state index in [1.165, 1.54) is 77.3 Å². The first-order chi connectivity index (χ1) is 12.5. The van der Waals surface area contributed by atoms with Gasteiger partial charge < -0.3 is 9.80 Å². The molecule has 2 spiro atoms. The highest BCUT2D eigenvalue weighted by Gasteiger charge is 2.46. The van der Waals surface area contributed by atoms with Gasteiger partial charge in [0.05, 0.1) is 0 Å². The molecule has 4 fully saturated rings. The third-order valence-electron chi connectivity index (χ3n) is 8.69. The van der Waals surface area contributed by atoms with Crippen LogP contribution in [0.5, 0.6) is 0 Å². The first kappa shape index (κ1) is 18.8. The number of hydrogen-bond acceptors (Lipinski definition) is 2. The summed E-state index contributed by atoms with van der Waals surface area (Å²) in [6.45, 7) is 6.98. The summed E-state index contributed by atoms with van der Waals surface area (Å²) in [5, 5.41) is 0. The van der Waals surface area contributed by atoms with Gasteiger partial charge in [-0.2, -0.15) is 0 Å². The van der Waals surface area contributed by atoms with Gasteiger partial charge in [-0.3, -0.25) is 4.79 Å². The molecule has 4 rings (SSSR count). The fourth-order valence-electron chi connectivity index (χ4n) is 6.66. The summed E-state index contributed by atoms with van der Waals surface area (Å²) in [6, 6.07) is 0. The molecule has 3 nitrogen and oxygen atoms in total. The zero-order chi connectivity index (χ0) is 18.2. The second-order valence-corrected chi connectivity index (χ2v) is 10.5. The molecule has 148 valence electrons. The number of nitrogens with zero attached hydrogens (tertiary/aromatic N) is 2. The number of likely N-dealkylation sites (tertiary alicyclic amines) is 2. The van der Waals surface area contributed by atoms with Crippen molar-refractivity contribution < 1.29 is 4.79 Å². The number of amides is 1. The van der Waals surface area contributed by atoms with Crippen LogP contribution in [0.4, 0.5) is 0 Å². The van der Waals surface area contributed by atoms with E-state index in [0.29, 0.717) is 16.7 Å². The van der Waals surface area contributed by atoms with Gasteiger partial charge in [0.15, 0.2) is 0 Å². The summed E-state index contributed by atoms with van der Waals surface area (Å²) in [6.07, 6.45) is 15.7. The third-order valence-corrected chi connectivity index (χ3v) is 8.69. The van der Waals surface area contributed by atoms with Gasteiger partial charge in [-0.15, -0.1) is 0 Å². The minimum absolute atomic E-state index is 0.444. The number of carbonyl (C=O) groups excluding carboxylic acids is 1. The third kappa shape index (κ3) is 3.84. The summed E-state index contributed by atoms with van der Waals surface area (Å²) in [4.78, 5) is 17.2. The van der Waals surface area contributed by atoms with Crippen LogP contribution in [0.1, 0.15) is 84.0 Å². The summed E-state index contributed by atoms with van der Waals surface area (Å²) >= 11 is 0. The Labute approximate surface area is 160 Å². The minimum atomic E-state index is 0.444. The maximum absolute atomic E-state index is 12.6. The van der Waals surface area contributed by atoms with Crippen molar-refractivity contribution in [2.45, 2.75) is 84.0 Å². The van der Waals surface area contributed by atoms with E-state index in [2.05, 4.69) is 23.8 Å². The van der Waals surface area contributed by atoms with Crippen LogP contribution >= 0.6 is 0 Å². The number of carbonyl (C=O) groups is 1. The molecule has 0 unspecified atom stereocenters. The monoisotopic (exact) mass is 360 g/mol. The molecular weight excluding hydrogens is 320 g/mol. The van der Waals surface area contributed by atoms with Crippen molar-refractivity contribution >= 4 is 5.91 Å². The quantitative estimate of drug-likeness (QED) is 0.709. The Bertz CT molecular complexity index is 484. The maximum atomic E-state index is 12.6. The van der Waals surface area contributed by atoms with E-state index in [1.54, 1.807) is 0 Å². The Balaban J connectivity index is 1.10. The summed E-state index contributed by atoms with van der Waals surface area (Å²) < 4.78 is 0. The van der Waals surface area contributed by atoms with Gasteiger partial charge in [0.1, 0.15) is 0 Å². The van der Waals surface area contributed by atoms with Crippen LogP contribution in [0.25, 0.3) is 0 Å². The van der Waals surface area contributed by atoms with E-state index in [1.807, 2.05) is 0 Å². The smallest absolute Gasteiger partial charge is 0.222 e. The zero-order valence-corrected chi connectivity index (χ0v) is 17.3. The second kappa shape index (κ2) is 7.45. The van der Waals surface area contributed by atoms with E-state index in [9.17, 15) is 4.79 Å². The molecule has 0 radical (unpaired) electrons. The number of hydrogen-bond donors (Lipinski definition) is 0. The van der Waals surface area contributed by atoms with E-state index in [-0.39, 0.29) is 0 Å². The zero-order valence-electron chi connectivity index (χ0n) is 17.3. The van der Waals surface area contributed by atoms with E-state index in [4.69, 9.17) is 0 Å². The molecule has 3 heteroatoms. The molecule has 2 saturated heterocycles. The summed E-state index contributed by atoms with van der Waals surface area (Å²) in [7, 11) is 2.25. The molecule has 0 aromatic rings. The molecule has 0 aromatic carbocycles. The van der Waals surface area contributed by atoms with Crippen LogP contribution in [0.2, 0.25) is 0 Å². The van der Waals surface area contributed by atoms with Crippen LogP contribution in [0.15, 0.2) is 0 Å². The molecule has 2 saturated carbocycles. The topological polar surface area (TPSA) is 23.6 Å². The van der Waals surface area contributed by atoms with Gasteiger partial charge in [-0.25, -0.2) is 0 Å². The van der Waals surface area contributed by atoms with Gasteiger partial charge in [-0.05, 0) is 107 Å². The molecule has 1 amide bonds. The van der Waals surface area contributed by atoms with Crippen molar-refractivity contribution in [3.05, 3.63) is 0 Å². The molecule has 0 aromatic heterocycles. The van der Waals surface area contributed by atoms with Crippen molar-refractivity contribution in [2.24, 2.45) is 22.7 Å². The minimum Gasteiger partial charge on any atom is -0.343 e. The molecule has 0 atom stereocenters. The van der Waals surface area contributed by atoms with E-state index >= 15 is 0 Å². The van der Waals surface area contributed by atoms with Crippen LogP contribution in [0, 0.1) is 22.7 Å². The van der Waals surface area contributed by atoms with Gasteiger partial charge >= 0.3 is 0 Å². The van der Waals surface area contributed by atoms with Crippen molar-refractivity contribution in [1.82, 2.24) is 9.80 Å². The predicted octanol–water partition coefficient (Wildman–Crippen LogP) is 4.71. The highest BCUT2D eigenvalue weighted by Crippen LogP contribution is 2.54. The average molecular weight is 361 g/mol. The van der Waals surface area contributed by atoms with Gasteiger partial charge in [0.25, 0.3) is 0 Å². The first-order valence-corrected chi connectivity index (χ1v) is 11.5. The fraction of sp³-hybridized carbons (Fsp3) is 0.957. The lowest BCUT2D eigenvalue weighted by molar-refractivity contribution is -0.135. The van der Waals surface area contributed by atoms with Crippen molar-refractivity contribution in [2.75, 3.05) is 33.2 Å². The maximum Gasteiger partial charge on any atom is 0.222 e. The van der Waals surface area contributed by atoms with Crippen LogP contribution in [-0.2, 0) is 4.79 Å². The molecule has 0 N–H and O–H groups in total. The van der Waals surface area contributed by atoms with Crippen LogP contribution in [0.3, 0.4) is 0 Å². The lowest BCUT2D eigenvalue weighted by Gasteiger charge is -2.52. The highest BCUT2D eigenvalue weighted by atomic mass is 16.2. The molecule has 2 aliphatic carbocycles. The van der Waals surface area contributed by atoms with Gasteiger partial charge in [0, 0.05) is 19.5 Å². The van der Waals surface area contributed by atoms with Crippen molar-refractivity contribution in [3.63, 3.8) is 0 Å². The summed E-state index contributed by atoms with van der Waals surface area (Å²) in [5.41, 5.74) is 1.33. The molecule has 4 aliphatic rings. The lowest BCUT2D eigenvalue weighted by atomic mass is 9.56. The van der Waals surface area contributed by atoms with Crippen molar-refractivity contribution in [3.8, 4) is 0 Å². The SMILES string of the molecule is CCC1CC2(CCN(C(=O)CCCC3CC4(CCN(C)CC4)C3)CC2)C1. The molecule has 0 bridgehead atoms. The Morgan fingerprint density at radius 3 is 2.00 bits per heavy atom. The highest BCUT2D eigenvalue weighted by molar-refractivity contribution is 5.76. The van der Waals surface area contributed by atoms with E-state index in [0.717, 1.165) is 37.8 Å². The standard InChI is InChI=1S/C23H40N2O/c1-3-19-15-23(16-19)9-13-25(14-10-23)21(26)6-4-5-20-17-22(18-20)7-11-24(2)12-8-22/h19-20H,3-18H2,1-2H3. The Morgan fingerprint density at radius 2 is 1.42 bits per heavy atom. The predicted molar refractivity (Wildman–Crippen MR) is 107 cm³/mol. The molecule has 26 heavy (non-hydrogen) atoms. The first-order valence-electron chi connectivity index (χ1n) is 11.5. The Kier molecular flexibility index (Phi) is 5.38. The van der Waals surface area contributed by atoms with E-state index < -0.39 is 0 Å². The lowest BCUT2D eigenvalue weighted by Crippen LogP contribution is -2.48. The largest absolute Gasteiger partial charge is 0.343 e. The normalized spacial score (nSPS) is 31.0. The fourth-order valence-corrected chi connectivity index (χ4v) is 6.66. The van der Waals surface area contributed by atoms with Gasteiger partial charge in [-0.1, -0.05) is 13.3 Å².